The Labute approximate surface area is 162 Å². The number of carbonyl (C=O) groups is 2. The maximum absolute atomic E-state index is 13.4. The first-order valence-corrected chi connectivity index (χ1v) is 10.2. The Morgan fingerprint density at radius 1 is 1.04 bits per heavy atom. The molecule has 27 heavy (non-hydrogen) atoms. The molecule has 2 saturated heterocycles. The van der Waals surface area contributed by atoms with E-state index in [1.165, 1.54) is 0 Å². The predicted molar refractivity (Wildman–Crippen MR) is 103 cm³/mol. The van der Waals surface area contributed by atoms with Crippen molar-refractivity contribution in [3.05, 3.63) is 71.3 Å². The topological polar surface area (TPSA) is 49.9 Å². The van der Waals surface area contributed by atoms with Crippen LogP contribution in [0.3, 0.4) is 0 Å². The van der Waals surface area contributed by atoms with Gasteiger partial charge in [-0.05, 0) is 11.6 Å². The van der Waals surface area contributed by atoms with Crippen LogP contribution in [0.1, 0.15) is 21.5 Å². The quantitative estimate of drug-likeness (QED) is 0.802. The fourth-order valence-electron chi connectivity index (χ4n) is 4.37. The average molecular weight is 380 g/mol. The van der Waals surface area contributed by atoms with Gasteiger partial charge < -0.3 is 14.5 Å². The van der Waals surface area contributed by atoms with Crippen LogP contribution in [-0.4, -0.2) is 59.7 Å². The third kappa shape index (κ3) is 2.36. The van der Waals surface area contributed by atoms with Crippen molar-refractivity contribution < 1.29 is 14.3 Å². The van der Waals surface area contributed by atoms with Gasteiger partial charge >= 0.3 is 0 Å². The van der Waals surface area contributed by atoms with E-state index in [-0.39, 0.29) is 11.8 Å². The SMILES string of the molecule is O=C(C1CSC2(c3ccccc3)c3ccccc3C(=O)N12)N1CCOCC1. The molecule has 0 aliphatic carbocycles. The standard InChI is InChI=1S/C21H20N2O3S/c24-19-16-8-4-5-9-17(16)21(15-6-2-1-3-7-15)23(19)18(14-27-21)20(25)22-10-12-26-13-11-22/h1-9,18H,10-14H2. The number of amides is 2. The molecule has 3 aliphatic rings. The summed E-state index contributed by atoms with van der Waals surface area (Å²) in [5.74, 6) is 0.585. The molecule has 0 N–H and O–H groups in total. The highest BCUT2D eigenvalue weighted by molar-refractivity contribution is 8.00. The summed E-state index contributed by atoms with van der Waals surface area (Å²) in [6, 6.07) is 17.4. The van der Waals surface area contributed by atoms with E-state index >= 15 is 0 Å². The van der Waals surface area contributed by atoms with Crippen LogP contribution < -0.4 is 0 Å². The first-order chi connectivity index (χ1) is 13.2. The molecule has 0 saturated carbocycles. The molecule has 3 aliphatic heterocycles. The third-order valence-electron chi connectivity index (χ3n) is 5.62. The minimum Gasteiger partial charge on any atom is -0.378 e. The van der Waals surface area contributed by atoms with Crippen molar-refractivity contribution in [2.45, 2.75) is 10.9 Å². The lowest BCUT2D eigenvalue weighted by Gasteiger charge is -2.37. The molecular formula is C21H20N2O3S. The van der Waals surface area contributed by atoms with Crippen molar-refractivity contribution in [3.63, 3.8) is 0 Å². The fourth-order valence-corrected chi connectivity index (χ4v) is 6.04. The Morgan fingerprint density at radius 3 is 2.52 bits per heavy atom. The molecule has 2 atom stereocenters. The van der Waals surface area contributed by atoms with Crippen LogP contribution in [0, 0.1) is 0 Å². The zero-order chi connectivity index (χ0) is 18.4. The summed E-state index contributed by atoms with van der Waals surface area (Å²) in [4.78, 5) is 29.7. The molecule has 2 amide bonds. The van der Waals surface area contributed by atoms with Gasteiger partial charge in [0.15, 0.2) is 0 Å². The molecule has 2 aromatic carbocycles. The number of ether oxygens (including phenoxy) is 1. The van der Waals surface area contributed by atoms with E-state index in [0.29, 0.717) is 37.6 Å². The van der Waals surface area contributed by atoms with Gasteiger partial charge in [-0.3, -0.25) is 9.59 Å². The highest BCUT2D eigenvalue weighted by Crippen LogP contribution is 2.57. The van der Waals surface area contributed by atoms with Gasteiger partial charge in [0.25, 0.3) is 5.91 Å². The number of carbonyl (C=O) groups excluding carboxylic acids is 2. The molecule has 0 radical (unpaired) electrons. The Hall–Kier alpha value is -2.31. The van der Waals surface area contributed by atoms with E-state index in [2.05, 4.69) is 12.1 Å². The highest BCUT2D eigenvalue weighted by atomic mass is 32.2. The lowest BCUT2D eigenvalue weighted by Crippen LogP contribution is -2.54. The van der Waals surface area contributed by atoms with Gasteiger partial charge in [0, 0.05) is 30.0 Å². The number of benzene rings is 2. The Bertz CT molecular complexity index is 897. The van der Waals surface area contributed by atoms with Crippen LogP contribution in [0.15, 0.2) is 54.6 Å². The number of morpholine rings is 1. The summed E-state index contributed by atoms with van der Waals surface area (Å²) in [6.07, 6.45) is 0. The van der Waals surface area contributed by atoms with Crippen molar-refractivity contribution in [2.75, 3.05) is 32.1 Å². The molecule has 6 heteroatoms. The zero-order valence-corrected chi connectivity index (χ0v) is 15.7. The average Bonchev–Trinajstić information content (AvgIpc) is 3.25. The summed E-state index contributed by atoms with van der Waals surface area (Å²) in [5.41, 5.74) is 2.74. The second-order valence-corrected chi connectivity index (χ2v) is 8.21. The number of hydrogen-bond acceptors (Lipinski definition) is 4. The van der Waals surface area contributed by atoms with E-state index in [9.17, 15) is 9.59 Å². The van der Waals surface area contributed by atoms with E-state index in [1.54, 1.807) is 11.8 Å². The highest BCUT2D eigenvalue weighted by Gasteiger charge is 2.60. The van der Waals surface area contributed by atoms with E-state index in [0.717, 1.165) is 11.1 Å². The minimum absolute atomic E-state index is 0.0322. The van der Waals surface area contributed by atoms with Crippen LogP contribution in [0.4, 0.5) is 0 Å². The fraction of sp³-hybridized carbons (Fsp3) is 0.333. The third-order valence-corrected chi connectivity index (χ3v) is 7.17. The molecular weight excluding hydrogens is 360 g/mol. The zero-order valence-electron chi connectivity index (χ0n) is 14.8. The molecule has 2 fully saturated rings. The maximum Gasteiger partial charge on any atom is 0.256 e. The van der Waals surface area contributed by atoms with Crippen LogP contribution in [0.25, 0.3) is 0 Å². The summed E-state index contributed by atoms with van der Waals surface area (Å²) < 4.78 is 5.38. The maximum atomic E-state index is 13.4. The number of thioether (sulfide) groups is 1. The van der Waals surface area contributed by atoms with Crippen molar-refractivity contribution in [2.24, 2.45) is 0 Å². The summed E-state index contributed by atoms with van der Waals surface area (Å²) in [5, 5.41) is 0. The van der Waals surface area contributed by atoms with E-state index in [1.807, 2.05) is 52.3 Å². The van der Waals surface area contributed by atoms with Crippen molar-refractivity contribution in [1.29, 1.82) is 0 Å². The second-order valence-electron chi connectivity index (χ2n) is 7.00. The molecule has 138 valence electrons. The number of rotatable bonds is 2. The first-order valence-electron chi connectivity index (χ1n) is 9.22. The lowest BCUT2D eigenvalue weighted by molar-refractivity contribution is -0.139. The number of fused-ring (bicyclic) bond motifs is 3. The van der Waals surface area contributed by atoms with Crippen LogP contribution >= 0.6 is 11.8 Å². The van der Waals surface area contributed by atoms with Crippen LogP contribution in [0.2, 0.25) is 0 Å². The summed E-state index contributed by atoms with van der Waals surface area (Å²) in [6.45, 7) is 2.30. The van der Waals surface area contributed by atoms with Gasteiger partial charge in [-0.2, -0.15) is 0 Å². The molecule has 0 aromatic heterocycles. The smallest absolute Gasteiger partial charge is 0.256 e. The largest absolute Gasteiger partial charge is 0.378 e. The van der Waals surface area contributed by atoms with E-state index < -0.39 is 10.9 Å². The first kappa shape index (κ1) is 16.8. The van der Waals surface area contributed by atoms with Crippen molar-refractivity contribution in [3.8, 4) is 0 Å². The van der Waals surface area contributed by atoms with Crippen LogP contribution in [-0.2, 0) is 14.4 Å². The van der Waals surface area contributed by atoms with Gasteiger partial charge in [0.2, 0.25) is 5.91 Å². The van der Waals surface area contributed by atoms with Gasteiger partial charge in [-0.15, -0.1) is 11.8 Å². The Balaban J connectivity index is 1.61. The summed E-state index contributed by atoms with van der Waals surface area (Å²) in [7, 11) is 0. The number of hydrogen-bond donors (Lipinski definition) is 0. The monoisotopic (exact) mass is 380 g/mol. The molecule has 2 unspecified atom stereocenters. The molecule has 5 nitrogen and oxygen atoms in total. The molecule has 0 spiro atoms. The lowest BCUT2D eigenvalue weighted by atomic mass is 9.96. The minimum atomic E-state index is -0.623. The van der Waals surface area contributed by atoms with Gasteiger partial charge in [-0.1, -0.05) is 48.5 Å². The molecule has 3 heterocycles. The Morgan fingerprint density at radius 2 is 1.74 bits per heavy atom. The molecule has 2 aromatic rings. The second kappa shape index (κ2) is 6.39. The van der Waals surface area contributed by atoms with Crippen LogP contribution in [0.5, 0.6) is 0 Å². The van der Waals surface area contributed by atoms with Crippen molar-refractivity contribution in [1.82, 2.24) is 9.80 Å². The van der Waals surface area contributed by atoms with Crippen molar-refractivity contribution >= 4 is 23.6 Å². The number of nitrogens with zero attached hydrogens (tertiary/aromatic N) is 2. The molecule has 5 rings (SSSR count). The summed E-state index contributed by atoms with van der Waals surface area (Å²) >= 11 is 1.69. The van der Waals surface area contributed by atoms with Gasteiger partial charge in [0.1, 0.15) is 10.9 Å². The normalized spacial score (nSPS) is 26.8. The van der Waals surface area contributed by atoms with Gasteiger partial charge in [0.05, 0.1) is 13.2 Å². The van der Waals surface area contributed by atoms with E-state index in [4.69, 9.17) is 4.74 Å². The predicted octanol–water partition coefficient (Wildman–Crippen LogP) is 2.32. The molecule has 0 bridgehead atoms. The Kier molecular flexibility index (Phi) is 3.98. The van der Waals surface area contributed by atoms with Gasteiger partial charge in [-0.25, -0.2) is 0 Å².